The molecule has 2 unspecified atom stereocenters. The minimum atomic E-state index is -0.888. The molecule has 3 aliphatic carbocycles. The second-order valence-corrected chi connectivity index (χ2v) is 9.79. The molecule has 2 N–H and O–H groups in total. The maximum atomic E-state index is 11.8. The van der Waals surface area contributed by atoms with E-state index in [1.165, 1.54) is 31.7 Å². The van der Waals surface area contributed by atoms with E-state index in [1.807, 2.05) is 0 Å². The van der Waals surface area contributed by atoms with Crippen LogP contribution in [0.1, 0.15) is 75.7 Å². The number of hydrogen-bond donors (Lipinski definition) is 2. The van der Waals surface area contributed by atoms with Gasteiger partial charge in [-0.05, 0) is 89.9 Å². The first-order chi connectivity index (χ1) is 11.6. The average Bonchev–Trinajstić information content (AvgIpc) is 2.96. The van der Waals surface area contributed by atoms with E-state index in [4.69, 9.17) is 0 Å². The largest absolute Gasteiger partial charge is 0.508 e. The highest BCUT2D eigenvalue weighted by atomic mass is 16.4. The molecule has 0 heterocycles. The van der Waals surface area contributed by atoms with Crippen LogP contribution in [0.4, 0.5) is 0 Å². The van der Waals surface area contributed by atoms with Crippen LogP contribution >= 0.6 is 0 Å². The molecule has 25 heavy (non-hydrogen) atoms. The van der Waals surface area contributed by atoms with Crippen molar-refractivity contribution < 1.29 is 15.0 Å². The Morgan fingerprint density at radius 1 is 1.12 bits per heavy atom. The topological polar surface area (TPSA) is 57.5 Å². The fourth-order valence-electron chi connectivity index (χ4n) is 7.43. The van der Waals surface area contributed by atoms with Crippen LogP contribution in [0.25, 0.3) is 0 Å². The number of carboxylic acid groups (broad SMARTS) is 1. The second-order valence-electron chi connectivity index (χ2n) is 9.79. The molecular weight excluding hydrogens is 312 g/mol. The van der Waals surface area contributed by atoms with E-state index >= 15 is 0 Å². The monoisotopic (exact) mass is 342 g/mol. The van der Waals surface area contributed by atoms with E-state index in [9.17, 15) is 15.0 Å². The highest BCUT2D eigenvalue weighted by Crippen LogP contribution is 2.75. The number of carbonyl (C=O) groups is 1. The van der Waals surface area contributed by atoms with Gasteiger partial charge in [0.05, 0.1) is 5.56 Å². The smallest absolute Gasteiger partial charge is 0.335 e. The van der Waals surface area contributed by atoms with Gasteiger partial charge in [-0.3, -0.25) is 0 Å². The Kier molecular flexibility index (Phi) is 3.40. The molecule has 1 aromatic carbocycles. The summed E-state index contributed by atoms with van der Waals surface area (Å²) in [6.07, 6.45) is 6.06. The van der Waals surface area contributed by atoms with Gasteiger partial charge in [-0.2, -0.15) is 0 Å². The highest BCUT2D eigenvalue weighted by Gasteiger charge is 2.68. The molecule has 4 rings (SSSR count). The van der Waals surface area contributed by atoms with Gasteiger partial charge in [-0.1, -0.05) is 27.7 Å². The van der Waals surface area contributed by atoms with Crippen LogP contribution < -0.4 is 0 Å². The third-order valence-electron chi connectivity index (χ3n) is 8.67. The lowest BCUT2D eigenvalue weighted by molar-refractivity contribution is 0.0667. The van der Waals surface area contributed by atoms with Crippen molar-refractivity contribution in [3.63, 3.8) is 0 Å². The first-order valence-corrected chi connectivity index (χ1v) is 9.70. The van der Waals surface area contributed by atoms with Crippen LogP contribution in [0, 0.1) is 28.6 Å². The van der Waals surface area contributed by atoms with Gasteiger partial charge in [0.1, 0.15) is 5.75 Å². The van der Waals surface area contributed by atoms with Gasteiger partial charge in [0.2, 0.25) is 0 Å². The van der Waals surface area contributed by atoms with Crippen molar-refractivity contribution in [2.24, 2.45) is 28.6 Å². The van der Waals surface area contributed by atoms with Crippen molar-refractivity contribution in [3.8, 4) is 5.75 Å². The standard InChI is InChI=1S/C22H30O3/c1-13-5-8-17-20(2,3)18-12-22(13,17)10-9-21(18,4)16-11-14(23)6-7-15(16)19(24)25/h6-7,11,13,17-18,23H,5,8-10,12H2,1-4H3,(H,24,25)/t13?,17-,18+,21?,22-/m0/s1. The molecule has 3 heteroatoms. The molecule has 3 saturated carbocycles. The van der Waals surface area contributed by atoms with Crippen LogP contribution in [0.15, 0.2) is 18.2 Å². The molecule has 136 valence electrons. The Morgan fingerprint density at radius 2 is 1.84 bits per heavy atom. The fourth-order valence-corrected chi connectivity index (χ4v) is 7.43. The number of benzene rings is 1. The van der Waals surface area contributed by atoms with E-state index < -0.39 is 5.97 Å². The van der Waals surface area contributed by atoms with Crippen LogP contribution in [0.2, 0.25) is 0 Å². The minimum absolute atomic E-state index is 0.172. The van der Waals surface area contributed by atoms with Crippen molar-refractivity contribution in [3.05, 3.63) is 29.3 Å². The van der Waals surface area contributed by atoms with Gasteiger partial charge in [0.15, 0.2) is 0 Å². The fraction of sp³-hybridized carbons (Fsp3) is 0.682. The summed E-state index contributed by atoms with van der Waals surface area (Å²) in [5.74, 6) is 1.26. The summed E-state index contributed by atoms with van der Waals surface area (Å²) in [5.41, 5.74) is 1.66. The van der Waals surface area contributed by atoms with Crippen LogP contribution in [-0.4, -0.2) is 16.2 Å². The molecule has 5 atom stereocenters. The number of aromatic hydroxyl groups is 1. The molecule has 2 bridgehead atoms. The normalized spacial score (nSPS) is 41.5. The number of phenolic OH excluding ortho intramolecular Hbond substituents is 1. The Hall–Kier alpha value is -1.51. The van der Waals surface area contributed by atoms with Crippen LogP contribution in [-0.2, 0) is 5.41 Å². The summed E-state index contributed by atoms with van der Waals surface area (Å²) in [6.45, 7) is 9.50. The predicted molar refractivity (Wildman–Crippen MR) is 97.9 cm³/mol. The zero-order valence-electron chi connectivity index (χ0n) is 15.8. The SMILES string of the molecule is CC1CC[C@H]2C(C)(C)[C@H]3C[C@@]12CCC3(C)c1cc(O)ccc1C(=O)O. The molecule has 3 fully saturated rings. The summed E-state index contributed by atoms with van der Waals surface area (Å²) in [5, 5.41) is 19.8. The number of aromatic carboxylic acids is 1. The van der Waals surface area contributed by atoms with Crippen LogP contribution in [0.3, 0.4) is 0 Å². The van der Waals surface area contributed by atoms with Gasteiger partial charge < -0.3 is 10.2 Å². The summed E-state index contributed by atoms with van der Waals surface area (Å²) in [6, 6.07) is 4.79. The molecule has 3 aliphatic rings. The number of fused-ring (bicyclic) bond motifs is 1. The first-order valence-electron chi connectivity index (χ1n) is 9.70. The van der Waals surface area contributed by atoms with Gasteiger partial charge in [-0.25, -0.2) is 4.79 Å². The van der Waals surface area contributed by atoms with Crippen molar-refractivity contribution in [2.45, 2.75) is 65.2 Å². The summed E-state index contributed by atoms with van der Waals surface area (Å²) < 4.78 is 0. The van der Waals surface area contributed by atoms with Crippen molar-refractivity contribution >= 4 is 5.97 Å². The molecule has 0 aliphatic heterocycles. The van der Waals surface area contributed by atoms with E-state index in [-0.39, 0.29) is 16.6 Å². The highest BCUT2D eigenvalue weighted by molar-refractivity contribution is 5.90. The summed E-state index contributed by atoms with van der Waals surface area (Å²) >= 11 is 0. The lowest BCUT2D eigenvalue weighted by Crippen LogP contribution is -2.43. The maximum absolute atomic E-state index is 11.8. The lowest BCUT2D eigenvalue weighted by atomic mass is 9.56. The third kappa shape index (κ3) is 2.01. The Morgan fingerprint density at radius 3 is 2.52 bits per heavy atom. The number of rotatable bonds is 2. The van der Waals surface area contributed by atoms with Gasteiger partial charge >= 0.3 is 5.97 Å². The molecule has 1 aromatic rings. The molecule has 0 saturated heterocycles. The number of carboxylic acids is 1. The first kappa shape index (κ1) is 16.9. The quantitative estimate of drug-likeness (QED) is 0.774. The molecule has 1 spiro atoms. The minimum Gasteiger partial charge on any atom is -0.508 e. The Bertz CT molecular complexity index is 737. The zero-order valence-corrected chi connectivity index (χ0v) is 15.8. The van der Waals surface area contributed by atoms with Gasteiger partial charge in [0.25, 0.3) is 0 Å². The second kappa shape index (κ2) is 5.02. The van der Waals surface area contributed by atoms with Crippen molar-refractivity contribution in [1.29, 1.82) is 0 Å². The van der Waals surface area contributed by atoms with Crippen molar-refractivity contribution in [2.75, 3.05) is 0 Å². The van der Waals surface area contributed by atoms with Gasteiger partial charge in [0, 0.05) is 0 Å². The molecule has 0 aromatic heterocycles. The molecule has 0 amide bonds. The van der Waals surface area contributed by atoms with Crippen molar-refractivity contribution in [1.82, 2.24) is 0 Å². The third-order valence-corrected chi connectivity index (χ3v) is 8.67. The zero-order chi connectivity index (χ0) is 18.2. The Labute approximate surface area is 150 Å². The maximum Gasteiger partial charge on any atom is 0.335 e. The molecular formula is C22H30O3. The van der Waals surface area contributed by atoms with E-state index in [2.05, 4.69) is 27.7 Å². The Balaban J connectivity index is 1.86. The molecule has 0 radical (unpaired) electrons. The average molecular weight is 342 g/mol. The van der Waals surface area contributed by atoms with E-state index in [0.717, 1.165) is 23.8 Å². The summed E-state index contributed by atoms with van der Waals surface area (Å²) in [7, 11) is 0. The van der Waals surface area contributed by atoms with E-state index in [0.29, 0.717) is 16.9 Å². The number of hydrogen-bond acceptors (Lipinski definition) is 2. The van der Waals surface area contributed by atoms with Crippen LogP contribution in [0.5, 0.6) is 5.75 Å². The lowest BCUT2D eigenvalue weighted by Gasteiger charge is -2.48. The predicted octanol–water partition coefficient (Wildman–Crippen LogP) is 5.22. The molecule has 3 nitrogen and oxygen atoms in total. The summed E-state index contributed by atoms with van der Waals surface area (Å²) in [4.78, 5) is 11.8. The van der Waals surface area contributed by atoms with Gasteiger partial charge in [-0.15, -0.1) is 0 Å². The number of phenols is 1. The van der Waals surface area contributed by atoms with E-state index in [1.54, 1.807) is 12.1 Å².